The maximum atomic E-state index is 13.3. The van der Waals surface area contributed by atoms with Crippen LogP contribution >= 0.6 is 23.2 Å². The molecule has 0 bridgehead atoms. The average Bonchev–Trinajstić information content (AvgIpc) is 2.35. The van der Waals surface area contributed by atoms with Gasteiger partial charge < -0.3 is 10.4 Å². The van der Waals surface area contributed by atoms with Gasteiger partial charge in [0.2, 0.25) is 0 Å². The maximum absolute atomic E-state index is 13.3. The van der Waals surface area contributed by atoms with Gasteiger partial charge in [-0.25, -0.2) is 9.18 Å². The Morgan fingerprint density at radius 2 is 1.80 bits per heavy atom. The number of benzene rings is 2. The molecular formula is C14H10Cl2FNO2. The lowest BCUT2D eigenvalue weighted by molar-refractivity contribution is 0.0698. The van der Waals surface area contributed by atoms with E-state index in [0.717, 1.165) is 5.56 Å². The summed E-state index contributed by atoms with van der Waals surface area (Å²) in [4.78, 5) is 11.2. The number of carboxylic acids is 1. The predicted molar refractivity (Wildman–Crippen MR) is 77.8 cm³/mol. The smallest absolute Gasteiger partial charge is 0.337 e. The number of aromatic carboxylic acids is 1. The summed E-state index contributed by atoms with van der Waals surface area (Å²) in [6, 6.07) is 7.55. The second kappa shape index (κ2) is 5.69. The van der Waals surface area contributed by atoms with E-state index in [9.17, 15) is 9.18 Å². The summed E-state index contributed by atoms with van der Waals surface area (Å²) < 4.78 is 13.3. The van der Waals surface area contributed by atoms with Crippen LogP contribution in [0.25, 0.3) is 0 Å². The second-order valence-corrected chi connectivity index (χ2v) is 5.05. The van der Waals surface area contributed by atoms with Gasteiger partial charge in [0.15, 0.2) is 5.82 Å². The number of halogens is 3. The number of carboxylic acid groups (broad SMARTS) is 1. The lowest BCUT2D eigenvalue weighted by Crippen LogP contribution is -2.03. The summed E-state index contributed by atoms with van der Waals surface area (Å²) in [6.07, 6.45) is 0. The first-order chi connectivity index (χ1) is 9.38. The molecule has 0 aliphatic heterocycles. The number of nitrogens with one attached hydrogen (secondary N) is 1. The number of rotatable bonds is 3. The third-order valence-corrected chi connectivity index (χ3v) is 3.22. The van der Waals surface area contributed by atoms with Crippen molar-refractivity contribution in [2.24, 2.45) is 0 Å². The normalized spacial score (nSPS) is 10.4. The Morgan fingerprint density at radius 3 is 2.35 bits per heavy atom. The van der Waals surface area contributed by atoms with Gasteiger partial charge in [-0.15, -0.1) is 0 Å². The van der Waals surface area contributed by atoms with Gasteiger partial charge in [0.05, 0.1) is 21.3 Å². The van der Waals surface area contributed by atoms with Crippen LogP contribution in [0.15, 0.2) is 30.3 Å². The summed E-state index contributed by atoms with van der Waals surface area (Å²) in [7, 11) is 0. The van der Waals surface area contributed by atoms with Gasteiger partial charge in [0.1, 0.15) is 0 Å². The van der Waals surface area contributed by atoms with Crippen molar-refractivity contribution in [2.45, 2.75) is 6.92 Å². The number of anilines is 2. The molecule has 0 saturated carbocycles. The molecule has 0 aliphatic rings. The lowest BCUT2D eigenvalue weighted by Gasteiger charge is -2.11. The van der Waals surface area contributed by atoms with Crippen molar-refractivity contribution >= 4 is 40.5 Å². The number of hydrogen-bond acceptors (Lipinski definition) is 2. The molecule has 0 saturated heterocycles. The van der Waals surface area contributed by atoms with Crippen molar-refractivity contribution < 1.29 is 14.3 Å². The van der Waals surface area contributed by atoms with Gasteiger partial charge >= 0.3 is 5.97 Å². The molecule has 0 atom stereocenters. The van der Waals surface area contributed by atoms with Crippen molar-refractivity contribution in [3.63, 3.8) is 0 Å². The molecule has 2 rings (SSSR count). The first kappa shape index (κ1) is 14.6. The molecule has 6 heteroatoms. The van der Waals surface area contributed by atoms with Gasteiger partial charge in [-0.1, -0.05) is 29.3 Å². The largest absolute Gasteiger partial charge is 0.478 e. The highest BCUT2D eigenvalue weighted by molar-refractivity contribution is 6.35. The third kappa shape index (κ3) is 3.03. The average molecular weight is 314 g/mol. The summed E-state index contributed by atoms with van der Waals surface area (Å²) in [5, 5.41) is 11.8. The zero-order valence-electron chi connectivity index (χ0n) is 10.4. The number of aryl methyl sites for hydroxylation is 1. The van der Waals surface area contributed by atoms with E-state index in [-0.39, 0.29) is 15.6 Å². The van der Waals surface area contributed by atoms with E-state index in [0.29, 0.717) is 11.4 Å². The van der Waals surface area contributed by atoms with Crippen LogP contribution in [0.3, 0.4) is 0 Å². The highest BCUT2D eigenvalue weighted by Crippen LogP contribution is 2.30. The van der Waals surface area contributed by atoms with E-state index in [2.05, 4.69) is 5.32 Å². The Hall–Kier alpha value is -1.78. The SMILES string of the molecule is Cc1ccc(C(=O)O)c(Nc2cc(Cl)c(F)c(Cl)c2)c1. The van der Waals surface area contributed by atoms with E-state index in [1.165, 1.54) is 18.2 Å². The van der Waals surface area contributed by atoms with Crippen LogP contribution in [-0.4, -0.2) is 11.1 Å². The Bertz CT molecular complexity index is 666. The fourth-order valence-electron chi connectivity index (χ4n) is 1.73. The van der Waals surface area contributed by atoms with Crippen molar-refractivity contribution in [3.05, 3.63) is 57.3 Å². The molecule has 2 N–H and O–H groups in total. The Morgan fingerprint density at radius 1 is 1.20 bits per heavy atom. The fraction of sp³-hybridized carbons (Fsp3) is 0.0714. The molecule has 2 aromatic rings. The van der Waals surface area contributed by atoms with Crippen LogP contribution in [0, 0.1) is 12.7 Å². The molecule has 0 amide bonds. The molecule has 0 radical (unpaired) electrons. The molecule has 0 heterocycles. The van der Waals surface area contributed by atoms with Crippen molar-refractivity contribution in [1.82, 2.24) is 0 Å². The summed E-state index contributed by atoms with van der Waals surface area (Å²) >= 11 is 11.4. The zero-order valence-corrected chi connectivity index (χ0v) is 11.9. The minimum atomic E-state index is -1.06. The molecule has 2 aromatic carbocycles. The fourth-order valence-corrected chi connectivity index (χ4v) is 2.22. The van der Waals surface area contributed by atoms with Gasteiger partial charge in [0, 0.05) is 5.69 Å². The standard InChI is InChI=1S/C14H10Cl2FNO2/c1-7-2-3-9(14(19)20)12(4-7)18-8-5-10(15)13(17)11(16)6-8/h2-6,18H,1H3,(H,19,20). The molecule has 0 fully saturated rings. The highest BCUT2D eigenvalue weighted by atomic mass is 35.5. The van der Waals surface area contributed by atoms with E-state index < -0.39 is 11.8 Å². The predicted octanol–water partition coefficient (Wildman–Crippen LogP) is 4.88. The number of carbonyl (C=O) groups is 1. The molecule has 20 heavy (non-hydrogen) atoms. The molecule has 0 aliphatic carbocycles. The van der Waals surface area contributed by atoms with Gasteiger partial charge in [-0.3, -0.25) is 0 Å². The topological polar surface area (TPSA) is 49.3 Å². The monoisotopic (exact) mass is 313 g/mol. The number of hydrogen-bond donors (Lipinski definition) is 2. The van der Waals surface area contributed by atoms with E-state index >= 15 is 0 Å². The molecule has 0 unspecified atom stereocenters. The Kier molecular flexibility index (Phi) is 4.16. The summed E-state index contributed by atoms with van der Waals surface area (Å²) in [5.74, 6) is -1.77. The van der Waals surface area contributed by atoms with Gasteiger partial charge in [-0.05, 0) is 36.8 Å². The Labute approximate surface area is 124 Å². The second-order valence-electron chi connectivity index (χ2n) is 4.23. The summed E-state index contributed by atoms with van der Waals surface area (Å²) in [5.41, 5.74) is 1.79. The van der Waals surface area contributed by atoms with Crippen LogP contribution < -0.4 is 5.32 Å². The quantitative estimate of drug-likeness (QED) is 0.794. The van der Waals surface area contributed by atoms with Gasteiger partial charge in [-0.2, -0.15) is 0 Å². The van der Waals surface area contributed by atoms with Crippen molar-refractivity contribution in [2.75, 3.05) is 5.32 Å². The maximum Gasteiger partial charge on any atom is 0.337 e. The minimum absolute atomic E-state index is 0.104. The van der Waals surface area contributed by atoms with Crippen LogP contribution in [0.4, 0.5) is 15.8 Å². The molecular weight excluding hydrogens is 304 g/mol. The van der Waals surface area contributed by atoms with Gasteiger partial charge in [0.25, 0.3) is 0 Å². The van der Waals surface area contributed by atoms with Crippen molar-refractivity contribution in [1.29, 1.82) is 0 Å². The summed E-state index contributed by atoms with van der Waals surface area (Å²) in [6.45, 7) is 1.83. The van der Waals surface area contributed by atoms with Crippen LogP contribution in [0.5, 0.6) is 0 Å². The molecule has 0 spiro atoms. The molecule has 3 nitrogen and oxygen atoms in total. The molecule has 104 valence electrons. The van der Waals surface area contributed by atoms with Crippen molar-refractivity contribution in [3.8, 4) is 0 Å². The highest BCUT2D eigenvalue weighted by Gasteiger charge is 2.12. The first-order valence-corrected chi connectivity index (χ1v) is 6.39. The van der Waals surface area contributed by atoms with Crippen LogP contribution in [0.1, 0.15) is 15.9 Å². The van der Waals surface area contributed by atoms with E-state index in [1.54, 1.807) is 12.1 Å². The zero-order chi connectivity index (χ0) is 14.9. The van der Waals surface area contributed by atoms with Crippen LogP contribution in [0.2, 0.25) is 10.0 Å². The lowest BCUT2D eigenvalue weighted by atomic mass is 10.1. The van der Waals surface area contributed by atoms with Crippen LogP contribution in [-0.2, 0) is 0 Å². The first-order valence-electron chi connectivity index (χ1n) is 5.64. The Balaban J connectivity index is 2.44. The molecule has 0 aromatic heterocycles. The van der Waals surface area contributed by atoms with E-state index in [1.807, 2.05) is 6.92 Å². The third-order valence-electron chi connectivity index (χ3n) is 2.67. The minimum Gasteiger partial charge on any atom is -0.478 e. The van der Waals surface area contributed by atoms with E-state index in [4.69, 9.17) is 28.3 Å².